The number of hydrogen-bond donors (Lipinski definition) is 0. The number of carbonyl (C=O) groups excluding carboxylic acids is 2. The first-order valence-corrected chi connectivity index (χ1v) is 5.99. The highest BCUT2D eigenvalue weighted by Crippen LogP contribution is 2.25. The van der Waals surface area contributed by atoms with Crippen LogP contribution >= 0.6 is 15.9 Å². The molecule has 1 saturated heterocycles. The number of halogens is 1. The maximum absolute atomic E-state index is 10.8. The van der Waals surface area contributed by atoms with E-state index in [0.29, 0.717) is 12.8 Å². The average Bonchev–Trinajstić information content (AvgIpc) is 2.12. The maximum Gasteiger partial charge on any atom is 0.302 e. The Bertz CT molecular complexity index is 268. The normalized spacial score (nSPS) is 29.6. The second kappa shape index (κ2) is 6.20. The van der Waals surface area contributed by atoms with E-state index in [2.05, 4.69) is 15.9 Å². The summed E-state index contributed by atoms with van der Waals surface area (Å²) in [5.74, 6) is -0.651. The molecule has 5 nitrogen and oxygen atoms in total. The maximum atomic E-state index is 10.8. The highest BCUT2D eigenvalue weighted by atomic mass is 79.9. The lowest BCUT2D eigenvalue weighted by atomic mass is 10.1. The summed E-state index contributed by atoms with van der Waals surface area (Å²) in [6.07, 6.45) is 0.744. The van der Waals surface area contributed by atoms with Crippen molar-refractivity contribution in [1.82, 2.24) is 0 Å². The molecule has 0 spiro atoms. The van der Waals surface area contributed by atoms with E-state index in [4.69, 9.17) is 14.2 Å². The van der Waals surface area contributed by atoms with Gasteiger partial charge in [-0.05, 0) is 0 Å². The predicted molar refractivity (Wildman–Crippen MR) is 59.0 cm³/mol. The molecule has 0 N–H and O–H groups in total. The Morgan fingerprint density at radius 2 is 2.00 bits per heavy atom. The molecule has 1 heterocycles. The van der Waals surface area contributed by atoms with Crippen molar-refractivity contribution in [2.24, 2.45) is 0 Å². The first kappa shape index (κ1) is 13.4. The Hall–Kier alpha value is -0.620. The Balaban J connectivity index is 2.40. The van der Waals surface area contributed by atoms with Gasteiger partial charge in [0.15, 0.2) is 0 Å². The van der Waals surface area contributed by atoms with Crippen molar-refractivity contribution in [3.05, 3.63) is 0 Å². The topological polar surface area (TPSA) is 61.8 Å². The van der Waals surface area contributed by atoms with E-state index in [9.17, 15) is 9.59 Å². The Morgan fingerprint density at radius 3 is 2.56 bits per heavy atom. The van der Waals surface area contributed by atoms with Gasteiger partial charge in [-0.1, -0.05) is 15.9 Å². The molecular formula is C10H15BrO5. The van der Waals surface area contributed by atoms with Gasteiger partial charge in [-0.25, -0.2) is 0 Å². The lowest BCUT2D eigenvalue weighted by molar-refractivity contribution is -0.161. The number of rotatable bonds is 3. The molecule has 1 aliphatic heterocycles. The van der Waals surface area contributed by atoms with Crippen molar-refractivity contribution in [1.29, 1.82) is 0 Å². The van der Waals surface area contributed by atoms with Gasteiger partial charge in [-0.2, -0.15) is 0 Å². The minimum absolute atomic E-state index is 0.175. The summed E-state index contributed by atoms with van der Waals surface area (Å²) in [6, 6.07) is 0. The summed E-state index contributed by atoms with van der Waals surface area (Å²) in [5.41, 5.74) is 0. The highest BCUT2D eigenvalue weighted by Gasteiger charge is 2.30. The summed E-state index contributed by atoms with van der Waals surface area (Å²) in [4.78, 5) is 21.5. The smallest absolute Gasteiger partial charge is 0.302 e. The number of esters is 2. The van der Waals surface area contributed by atoms with E-state index in [1.807, 2.05) is 0 Å². The summed E-state index contributed by atoms with van der Waals surface area (Å²) in [7, 11) is 0. The van der Waals surface area contributed by atoms with Gasteiger partial charge in [0.25, 0.3) is 0 Å². The monoisotopic (exact) mass is 294 g/mol. The quantitative estimate of drug-likeness (QED) is 0.581. The van der Waals surface area contributed by atoms with Gasteiger partial charge in [0.05, 0.1) is 6.10 Å². The number of carbonyl (C=O) groups is 2. The van der Waals surface area contributed by atoms with E-state index in [1.54, 1.807) is 0 Å². The third-order valence-electron chi connectivity index (χ3n) is 2.12. The van der Waals surface area contributed by atoms with Crippen LogP contribution in [0.5, 0.6) is 0 Å². The zero-order valence-electron chi connectivity index (χ0n) is 9.27. The van der Waals surface area contributed by atoms with E-state index in [1.165, 1.54) is 13.8 Å². The number of ether oxygens (including phenoxy) is 3. The molecule has 1 aliphatic rings. The van der Waals surface area contributed by atoms with Gasteiger partial charge in [-0.3, -0.25) is 9.59 Å². The summed E-state index contributed by atoms with van der Waals surface area (Å²) < 4.78 is 15.5. The third-order valence-corrected chi connectivity index (χ3v) is 2.71. The fraction of sp³-hybridized carbons (Fsp3) is 0.800. The Kier molecular flexibility index (Phi) is 5.21. The van der Waals surface area contributed by atoms with Gasteiger partial charge in [0, 0.05) is 26.7 Å². The van der Waals surface area contributed by atoms with Crippen LogP contribution in [0.4, 0.5) is 0 Å². The van der Waals surface area contributed by atoms with Gasteiger partial charge in [0.1, 0.15) is 17.7 Å². The zero-order valence-corrected chi connectivity index (χ0v) is 10.9. The van der Waals surface area contributed by atoms with Crippen LogP contribution in [0.3, 0.4) is 0 Å². The number of hydrogen-bond acceptors (Lipinski definition) is 5. The summed E-state index contributed by atoms with van der Waals surface area (Å²) in [5, 5.41) is -0.175. The molecule has 1 fully saturated rings. The van der Waals surface area contributed by atoms with E-state index in [0.717, 1.165) is 0 Å². The molecule has 0 amide bonds. The van der Waals surface area contributed by atoms with Crippen LogP contribution in [-0.4, -0.2) is 35.8 Å². The largest absolute Gasteiger partial charge is 0.463 e. The molecule has 0 unspecified atom stereocenters. The standard InChI is InChI=1S/C10H15BrO5/c1-6(12)14-5-9-3-8(15-7(2)13)4-10(11)16-9/h8-10H,3-5H2,1-2H3/t8-,9-,10+/m0/s1. The van der Waals surface area contributed by atoms with Crippen LogP contribution in [0.25, 0.3) is 0 Å². The van der Waals surface area contributed by atoms with Crippen LogP contribution in [-0.2, 0) is 23.8 Å². The molecule has 3 atom stereocenters. The van der Waals surface area contributed by atoms with Crippen molar-refractivity contribution < 1.29 is 23.8 Å². The molecule has 0 aliphatic carbocycles. The SMILES string of the molecule is CC(=O)OC[C@@H]1C[C@H](OC(C)=O)C[C@H](Br)O1. The van der Waals surface area contributed by atoms with Crippen molar-refractivity contribution >= 4 is 27.9 Å². The minimum Gasteiger partial charge on any atom is -0.463 e. The van der Waals surface area contributed by atoms with Crippen molar-refractivity contribution in [2.45, 2.75) is 43.9 Å². The van der Waals surface area contributed by atoms with Crippen LogP contribution in [0.15, 0.2) is 0 Å². The predicted octanol–water partition coefficient (Wildman–Crippen LogP) is 1.38. The molecule has 0 bridgehead atoms. The Morgan fingerprint density at radius 1 is 1.31 bits per heavy atom. The second-order valence-corrected chi connectivity index (χ2v) is 4.69. The lowest BCUT2D eigenvalue weighted by Crippen LogP contribution is -2.38. The second-order valence-electron chi connectivity index (χ2n) is 3.67. The van der Waals surface area contributed by atoms with Gasteiger partial charge in [-0.15, -0.1) is 0 Å². The van der Waals surface area contributed by atoms with Crippen LogP contribution in [0, 0.1) is 0 Å². The van der Waals surface area contributed by atoms with Crippen molar-refractivity contribution in [3.8, 4) is 0 Å². The summed E-state index contributed by atoms with van der Waals surface area (Å²) >= 11 is 3.31. The Labute approximate surface area is 103 Å². The first-order valence-electron chi connectivity index (χ1n) is 5.07. The minimum atomic E-state index is -0.343. The molecule has 0 saturated carbocycles. The van der Waals surface area contributed by atoms with Crippen molar-refractivity contribution in [3.63, 3.8) is 0 Å². The lowest BCUT2D eigenvalue weighted by Gasteiger charge is -2.31. The average molecular weight is 295 g/mol. The van der Waals surface area contributed by atoms with Crippen molar-refractivity contribution in [2.75, 3.05) is 6.61 Å². The van der Waals surface area contributed by atoms with Crippen LogP contribution in [0.1, 0.15) is 26.7 Å². The molecule has 0 aromatic rings. The molecule has 0 aromatic heterocycles. The van der Waals surface area contributed by atoms with E-state index >= 15 is 0 Å². The zero-order chi connectivity index (χ0) is 12.1. The molecule has 0 radical (unpaired) electrons. The van der Waals surface area contributed by atoms with E-state index in [-0.39, 0.29) is 35.8 Å². The fourth-order valence-electron chi connectivity index (χ4n) is 1.56. The van der Waals surface area contributed by atoms with E-state index < -0.39 is 0 Å². The molecule has 0 aromatic carbocycles. The number of alkyl halides is 1. The summed E-state index contributed by atoms with van der Waals surface area (Å²) in [6.45, 7) is 2.91. The fourth-order valence-corrected chi connectivity index (χ4v) is 2.29. The molecular weight excluding hydrogens is 280 g/mol. The molecule has 6 heteroatoms. The highest BCUT2D eigenvalue weighted by molar-refractivity contribution is 9.09. The first-order chi connectivity index (χ1) is 7.47. The molecule has 16 heavy (non-hydrogen) atoms. The molecule has 92 valence electrons. The van der Waals surface area contributed by atoms with Gasteiger partial charge < -0.3 is 14.2 Å². The van der Waals surface area contributed by atoms with Crippen LogP contribution in [0.2, 0.25) is 0 Å². The van der Waals surface area contributed by atoms with Gasteiger partial charge >= 0.3 is 11.9 Å². The molecule has 1 rings (SSSR count). The van der Waals surface area contributed by atoms with Crippen LogP contribution < -0.4 is 0 Å². The third kappa shape index (κ3) is 4.94. The van der Waals surface area contributed by atoms with Gasteiger partial charge in [0.2, 0.25) is 0 Å².